The first-order chi connectivity index (χ1) is 11.1. The number of carbonyl (C=O) groups excluding carboxylic acids is 1. The molecule has 0 fully saturated rings. The minimum Gasteiger partial charge on any atom is -0.342 e. The van der Waals surface area contributed by atoms with Crippen LogP contribution in [0.5, 0.6) is 0 Å². The molecular weight excluding hydrogens is 401 g/mol. The molecule has 3 rings (SSSR count). The molecule has 0 bridgehead atoms. The van der Waals surface area contributed by atoms with Gasteiger partial charge in [-0.15, -0.1) is 0 Å². The van der Waals surface area contributed by atoms with Crippen LogP contribution in [0.3, 0.4) is 0 Å². The monoisotopic (exact) mass is 417 g/mol. The summed E-state index contributed by atoms with van der Waals surface area (Å²) in [6, 6.07) is 17.3. The Bertz CT molecular complexity index is 814. The Morgan fingerprint density at radius 1 is 1.13 bits per heavy atom. The van der Waals surface area contributed by atoms with Crippen molar-refractivity contribution in [2.75, 3.05) is 0 Å². The van der Waals surface area contributed by atoms with Gasteiger partial charge < -0.3 is 10.3 Å². The van der Waals surface area contributed by atoms with Gasteiger partial charge in [-0.25, -0.2) is 4.98 Å². The van der Waals surface area contributed by atoms with Crippen molar-refractivity contribution in [1.29, 1.82) is 0 Å². The smallest absolute Gasteiger partial charge is 0.252 e. The molecule has 5 heteroatoms. The third kappa shape index (κ3) is 3.61. The summed E-state index contributed by atoms with van der Waals surface area (Å²) in [6.07, 6.45) is 1.79. The maximum Gasteiger partial charge on any atom is 0.252 e. The largest absolute Gasteiger partial charge is 0.342 e. The molecule has 0 saturated heterocycles. The third-order valence-electron chi connectivity index (χ3n) is 3.56. The summed E-state index contributed by atoms with van der Waals surface area (Å²) in [6.45, 7) is 1.92. The van der Waals surface area contributed by atoms with E-state index in [2.05, 4.69) is 37.9 Å². The fourth-order valence-electron chi connectivity index (χ4n) is 2.31. The highest BCUT2D eigenvalue weighted by atomic mass is 127. The predicted molar refractivity (Wildman–Crippen MR) is 99.1 cm³/mol. The maximum atomic E-state index is 12.4. The van der Waals surface area contributed by atoms with E-state index < -0.39 is 0 Å². The van der Waals surface area contributed by atoms with Crippen LogP contribution in [-0.4, -0.2) is 15.9 Å². The number of aromatic amines is 1. The number of carbonyl (C=O) groups is 1. The topological polar surface area (TPSA) is 57.8 Å². The van der Waals surface area contributed by atoms with Crippen molar-refractivity contribution in [2.45, 2.75) is 13.0 Å². The van der Waals surface area contributed by atoms with E-state index in [1.54, 1.807) is 6.20 Å². The summed E-state index contributed by atoms with van der Waals surface area (Å²) >= 11 is 2.16. The number of nitrogens with zero attached hydrogens (tertiary/aromatic N) is 1. The average Bonchev–Trinajstić information content (AvgIpc) is 3.06. The summed E-state index contributed by atoms with van der Waals surface area (Å²) in [5.41, 5.74) is 2.69. The molecule has 1 atom stereocenters. The second-order valence-corrected chi connectivity index (χ2v) is 6.39. The predicted octanol–water partition coefficient (Wildman–Crippen LogP) is 4.17. The van der Waals surface area contributed by atoms with Crippen molar-refractivity contribution in [3.8, 4) is 11.3 Å². The Hall–Kier alpha value is -2.15. The molecule has 0 saturated carbocycles. The lowest BCUT2D eigenvalue weighted by atomic mass is 10.2. The Morgan fingerprint density at radius 3 is 2.57 bits per heavy atom. The molecule has 0 aliphatic carbocycles. The van der Waals surface area contributed by atoms with E-state index >= 15 is 0 Å². The summed E-state index contributed by atoms with van der Waals surface area (Å²) in [5.74, 6) is 0.642. The fraction of sp³-hybridized carbons (Fsp3) is 0.111. The quantitative estimate of drug-likeness (QED) is 0.626. The zero-order chi connectivity index (χ0) is 16.2. The number of halogens is 1. The van der Waals surface area contributed by atoms with Crippen molar-refractivity contribution >= 4 is 28.5 Å². The van der Waals surface area contributed by atoms with Crippen LogP contribution in [0.15, 0.2) is 60.8 Å². The number of H-pyrrole nitrogens is 1. The van der Waals surface area contributed by atoms with E-state index in [4.69, 9.17) is 0 Å². The van der Waals surface area contributed by atoms with Crippen molar-refractivity contribution in [1.82, 2.24) is 15.3 Å². The molecule has 1 aromatic heterocycles. The molecule has 4 nitrogen and oxygen atoms in total. The number of aromatic nitrogens is 2. The maximum absolute atomic E-state index is 12.4. The molecule has 1 amide bonds. The minimum absolute atomic E-state index is 0.0971. The summed E-state index contributed by atoms with van der Waals surface area (Å²) < 4.78 is 0.930. The normalized spacial score (nSPS) is 11.9. The minimum atomic E-state index is -0.198. The van der Waals surface area contributed by atoms with Crippen LogP contribution in [0.4, 0.5) is 0 Å². The molecular formula is C18H16IN3O. The molecule has 116 valence electrons. The second kappa shape index (κ2) is 6.95. The summed E-state index contributed by atoms with van der Waals surface area (Å²) in [7, 11) is 0. The van der Waals surface area contributed by atoms with Gasteiger partial charge in [0, 0.05) is 3.57 Å². The van der Waals surface area contributed by atoms with Crippen LogP contribution < -0.4 is 5.32 Å². The number of imidazole rings is 1. The first-order valence-electron chi connectivity index (χ1n) is 7.31. The van der Waals surface area contributed by atoms with Crippen LogP contribution in [0, 0.1) is 3.57 Å². The molecule has 0 radical (unpaired) electrons. The van der Waals surface area contributed by atoms with E-state index in [0.29, 0.717) is 5.56 Å². The number of amides is 1. The molecule has 2 N–H and O–H groups in total. The zero-order valence-electron chi connectivity index (χ0n) is 12.6. The van der Waals surface area contributed by atoms with E-state index in [-0.39, 0.29) is 11.9 Å². The van der Waals surface area contributed by atoms with Gasteiger partial charge >= 0.3 is 0 Å². The Morgan fingerprint density at radius 2 is 1.83 bits per heavy atom. The lowest BCUT2D eigenvalue weighted by molar-refractivity contribution is 0.0937. The average molecular weight is 417 g/mol. The second-order valence-electron chi connectivity index (χ2n) is 5.22. The number of nitrogens with one attached hydrogen (secondary N) is 2. The van der Waals surface area contributed by atoms with Gasteiger partial charge in [0.15, 0.2) is 0 Å². The van der Waals surface area contributed by atoms with Gasteiger partial charge in [-0.3, -0.25) is 4.79 Å². The standard InChI is InChI=1S/C18H16IN3O/c1-12(21-18(23)14-9-5-6-10-15(14)19)17-20-11-16(22-17)13-7-3-2-4-8-13/h2-12H,1H3,(H,20,22)(H,21,23)/t12-/m0/s1. The van der Waals surface area contributed by atoms with Gasteiger partial charge in [-0.1, -0.05) is 42.5 Å². The van der Waals surface area contributed by atoms with Crippen molar-refractivity contribution in [3.63, 3.8) is 0 Å². The van der Waals surface area contributed by atoms with Crippen LogP contribution in [-0.2, 0) is 0 Å². The van der Waals surface area contributed by atoms with Gasteiger partial charge in [0.05, 0.1) is 23.5 Å². The van der Waals surface area contributed by atoms with Gasteiger partial charge in [0.2, 0.25) is 0 Å². The van der Waals surface area contributed by atoms with Gasteiger partial charge in [-0.2, -0.15) is 0 Å². The highest BCUT2D eigenvalue weighted by Gasteiger charge is 2.16. The van der Waals surface area contributed by atoms with Crippen molar-refractivity contribution in [3.05, 3.63) is 75.8 Å². The lowest BCUT2D eigenvalue weighted by Gasteiger charge is -2.12. The van der Waals surface area contributed by atoms with Crippen LogP contribution in [0.25, 0.3) is 11.3 Å². The first kappa shape index (κ1) is 15.7. The highest BCUT2D eigenvalue weighted by Crippen LogP contribution is 2.19. The number of hydrogen-bond donors (Lipinski definition) is 2. The van der Waals surface area contributed by atoms with Gasteiger partial charge in [-0.05, 0) is 47.2 Å². The van der Waals surface area contributed by atoms with Crippen molar-refractivity contribution in [2.24, 2.45) is 0 Å². The lowest BCUT2D eigenvalue weighted by Crippen LogP contribution is -2.28. The molecule has 2 aromatic carbocycles. The number of benzene rings is 2. The number of hydrogen-bond acceptors (Lipinski definition) is 2. The van der Waals surface area contributed by atoms with E-state index in [9.17, 15) is 4.79 Å². The van der Waals surface area contributed by atoms with Gasteiger partial charge in [0.25, 0.3) is 5.91 Å². The Balaban J connectivity index is 1.74. The zero-order valence-corrected chi connectivity index (χ0v) is 14.7. The highest BCUT2D eigenvalue weighted by molar-refractivity contribution is 14.1. The van der Waals surface area contributed by atoms with E-state index in [1.165, 1.54) is 0 Å². The Labute approximate surface area is 148 Å². The molecule has 0 unspecified atom stereocenters. The molecule has 0 aliphatic heterocycles. The number of rotatable bonds is 4. The third-order valence-corrected chi connectivity index (χ3v) is 4.50. The summed E-state index contributed by atoms with van der Waals surface area (Å²) in [5, 5.41) is 2.98. The molecule has 0 aliphatic rings. The molecule has 23 heavy (non-hydrogen) atoms. The first-order valence-corrected chi connectivity index (χ1v) is 8.39. The molecule has 0 spiro atoms. The Kier molecular flexibility index (Phi) is 4.76. The fourth-order valence-corrected chi connectivity index (χ4v) is 2.94. The van der Waals surface area contributed by atoms with Crippen LogP contribution >= 0.6 is 22.6 Å². The van der Waals surface area contributed by atoms with Crippen LogP contribution in [0.1, 0.15) is 29.1 Å². The summed E-state index contributed by atoms with van der Waals surface area (Å²) in [4.78, 5) is 20.0. The SMILES string of the molecule is C[C@H](NC(=O)c1ccccc1I)c1ncc(-c2ccccc2)[nH]1. The molecule has 1 heterocycles. The van der Waals surface area contributed by atoms with Crippen molar-refractivity contribution < 1.29 is 4.79 Å². The molecule has 3 aromatic rings. The van der Waals surface area contributed by atoms with E-state index in [1.807, 2.05) is 61.5 Å². The van der Waals surface area contributed by atoms with Gasteiger partial charge in [0.1, 0.15) is 5.82 Å². The van der Waals surface area contributed by atoms with Crippen LogP contribution in [0.2, 0.25) is 0 Å². The van der Waals surface area contributed by atoms with E-state index in [0.717, 1.165) is 20.7 Å².